The normalized spacial score (nSPS) is 13.3. The Kier molecular flexibility index (Phi) is 6.16. The second-order valence-electron chi connectivity index (χ2n) is 13.7. The minimum absolute atomic E-state index is 0.112. The molecule has 0 saturated carbocycles. The van der Waals surface area contributed by atoms with Gasteiger partial charge in [-0.1, -0.05) is 135 Å². The van der Waals surface area contributed by atoms with E-state index in [9.17, 15) is 0 Å². The van der Waals surface area contributed by atoms with Crippen LogP contribution in [-0.4, -0.2) is 0 Å². The smallest absolute Gasteiger partial charge is 0.0555 e. The summed E-state index contributed by atoms with van der Waals surface area (Å²) in [5.74, 6) is 0. The van der Waals surface area contributed by atoms with Crippen LogP contribution in [0.3, 0.4) is 0 Å². The molecule has 0 N–H and O–H groups in total. The predicted octanol–water partition coefficient (Wildman–Crippen LogP) is 13.8. The molecule has 0 amide bonds. The maximum absolute atomic E-state index is 2.54. The highest BCUT2D eigenvalue weighted by atomic mass is 32.1. The zero-order valence-electron chi connectivity index (χ0n) is 27.4. The van der Waals surface area contributed by atoms with Gasteiger partial charge in [0.15, 0.2) is 0 Å². The van der Waals surface area contributed by atoms with Gasteiger partial charge in [-0.25, -0.2) is 0 Å². The number of anilines is 3. The van der Waals surface area contributed by atoms with E-state index in [0.717, 1.165) is 0 Å². The van der Waals surface area contributed by atoms with Gasteiger partial charge in [0.05, 0.1) is 11.4 Å². The van der Waals surface area contributed by atoms with Crippen molar-refractivity contribution in [2.24, 2.45) is 0 Å². The van der Waals surface area contributed by atoms with Gasteiger partial charge in [-0.3, -0.25) is 0 Å². The van der Waals surface area contributed by atoms with E-state index in [2.05, 4.69) is 183 Å². The van der Waals surface area contributed by atoms with Crippen molar-refractivity contribution in [2.45, 2.75) is 19.3 Å². The van der Waals surface area contributed by atoms with Crippen molar-refractivity contribution >= 4 is 70.1 Å². The number of thiophene rings is 1. The predicted molar refractivity (Wildman–Crippen MR) is 212 cm³/mol. The largest absolute Gasteiger partial charge is 0.309 e. The first-order valence-electron chi connectivity index (χ1n) is 17.0. The Morgan fingerprint density at radius 3 is 2.06 bits per heavy atom. The van der Waals surface area contributed by atoms with Crippen LogP contribution in [0.1, 0.15) is 25.0 Å². The fourth-order valence-electron chi connectivity index (χ4n) is 8.28. The Bertz CT molecular complexity index is 2770. The van der Waals surface area contributed by atoms with Crippen LogP contribution in [-0.2, 0) is 5.41 Å². The van der Waals surface area contributed by atoms with Crippen LogP contribution in [0, 0.1) is 0 Å². The molecule has 0 unspecified atom stereocenters. The molecule has 1 aromatic heterocycles. The quantitative estimate of drug-likeness (QED) is 0.184. The summed E-state index contributed by atoms with van der Waals surface area (Å²) in [6.07, 6.45) is 0. The molecule has 1 aliphatic carbocycles. The number of fused-ring (bicyclic) bond motifs is 8. The molecule has 1 heterocycles. The Balaban J connectivity index is 1.31. The van der Waals surface area contributed by atoms with Crippen LogP contribution in [0.2, 0.25) is 0 Å². The average molecular weight is 644 g/mol. The molecular formula is C47H33NS. The second-order valence-corrected chi connectivity index (χ2v) is 14.8. The van der Waals surface area contributed by atoms with Gasteiger partial charge >= 0.3 is 0 Å². The third kappa shape index (κ3) is 4.24. The molecule has 0 saturated heterocycles. The first-order valence-corrected chi connectivity index (χ1v) is 17.8. The van der Waals surface area contributed by atoms with Gasteiger partial charge in [-0.05, 0) is 91.8 Å². The van der Waals surface area contributed by atoms with E-state index >= 15 is 0 Å². The summed E-state index contributed by atoms with van der Waals surface area (Å²) < 4.78 is 2.61. The highest BCUT2D eigenvalue weighted by Gasteiger charge is 2.36. The molecule has 0 spiro atoms. The first-order chi connectivity index (χ1) is 24.1. The lowest BCUT2D eigenvalue weighted by molar-refractivity contribution is 0.660. The molecule has 0 atom stereocenters. The van der Waals surface area contributed by atoms with Crippen molar-refractivity contribution in [1.82, 2.24) is 0 Å². The van der Waals surface area contributed by atoms with Gasteiger partial charge in [0, 0.05) is 36.8 Å². The van der Waals surface area contributed by atoms with Gasteiger partial charge < -0.3 is 4.90 Å². The molecule has 0 bridgehead atoms. The topological polar surface area (TPSA) is 3.24 Å². The highest BCUT2D eigenvalue weighted by molar-refractivity contribution is 7.26. The van der Waals surface area contributed by atoms with Crippen LogP contribution < -0.4 is 4.90 Å². The van der Waals surface area contributed by atoms with E-state index in [1.807, 2.05) is 11.3 Å². The standard InChI is InChI=1S/C47H33NS/c1-47(2)39-18-9-7-16-36(39)37-26-25-34(29-40(37)47)48(41-19-11-21-44-46(41)38-17-8-10-20-43(38)49-44)42-27-24-31-13-5-6-15-35(31)45(42)33-23-22-30-12-3-4-14-32(30)28-33/h3-29H,1-2H3. The fourth-order valence-corrected chi connectivity index (χ4v) is 9.40. The highest BCUT2D eigenvalue weighted by Crippen LogP contribution is 2.53. The molecule has 0 fully saturated rings. The van der Waals surface area contributed by atoms with E-state index in [1.54, 1.807) is 0 Å². The lowest BCUT2D eigenvalue weighted by Gasteiger charge is -2.31. The van der Waals surface area contributed by atoms with Crippen LogP contribution in [0.5, 0.6) is 0 Å². The van der Waals surface area contributed by atoms with Crippen LogP contribution in [0.4, 0.5) is 17.1 Å². The minimum Gasteiger partial charge on any atom is -0.309 e. The van der Waals surface area contributed by atoms with E-state index in [0.29, 0.717) is 0 Å². The summed E-state index contributed by atoms with van der Waals surface area (Å²) in [4.78, 5) is 2.54. The molecule has 1 aliphatic rings. The third-order valence-electron chi connectivity index (χ3n) is 10.6. The zero-order valence-corrected chi connectivity index (χ0v) is 28.3. The molecule has 49 heavy (non-hydrogen) atoms. The van der Waals surface area contributed by atoms with Gasteiger partial charge in [-0.2, -0.15) is 0 Å². The molecule has 0 aliphatic heterocycles. The third-order valence-corrected chi connectivity index (χ3v) is 11.8. The minimum atomic E-state index is -0.112. The summed E-state index contributed by atoms with van der Waals surface area (Å²) in [6, 6.07) is 60.8. The monoisotopic (exact) mass is 643 g/mol. The number of benzene rings is 8. The van der Waals surface area contributed by atoms with Crippen molar-refractivity contribution in [3.05, 3.63) is 175 Å². The molecular weight excluding hydrogens is 611 g/mol. The van der Waals surface area contributed by atoms with Crippen molar-refractivity contribution in [3.8, 4) is 22.3 Å². The van der Waals surface area contributed by atoms with E-state index in [-0.39, 0.29) is 5.41 Å². The zero-order chi connectivity index (χ0) is 32.7. The van der Waals surface area contributed by atoms with Crippen LogP contribution in [0.25, 0.3) is 64.0 Å². The maximum Gasteiger partial charge on any atom is 0.0555 e. The Labute approximate surface area is 290 Å². The van der Waals surface area contributed by atoms with E-state index in [1.165, 1.54) is 92.2 Å². The number of hydrogen-bond acceptors (Lipinski definition) is 2. The van der Waals surface area contributed by atoms with Crippen LogP contribution >= 0.6 is 11.3 Å². The molecule has 10 rings (SSSR count). The van der Waals surface area contributed by atoms with Crippen LogP contribution in [0.15, 0.2) is 164 Å². The summed E-state index contributed by atoms with van der Waals surface area (Å²) in [6.45, 7) is 4.74. The fraction of sp³-hybridized carbons (Fsp3) is 0.0638. The van der Waals surface area contributed by atoms with E-state index in [4.69, 9.17) is 0 Å². The molecule has 232 valence electrons. The summed E-state index contributed by atoms with van der Waals surface area (Å²) in [5, 5.41) is 7.57. The second kappa shape index (κ2) is 10.7. The Morgan fingerprint density at radius 1 is 0.469 bits per heavy atom. The lowest BCUT2D eigenvalue weighted by Crippen LogP contribution is -2.17. The lowest BCUT2D eigenvalue weighted by atomic mass is 9.82. The molecule has 0 radical (unpaired) electrons. The Morgan fingerprint density at radius 2 is 1.16 bits per heavy atom. The first kappa shape index (κ1) is 28.3. The number of rotatable bonds is 4. The van der Waals surface area contributed by atoms with Gasteiger partial charge in [0.25, 0.3) is 0 Å². The van der Waals surface area contributed by atoms with Gasteiger partial charge in [0.1, 0.15) is 0 Å². The molecule has 9 aromatic rings. The maximum atomic E-state index is 2.54. The molecule has 1 nitrogen and oxygen atoms in total. The summed E-state index contributed by atoms with van der Waals surface area (Å²) in [5.41, 5.74) is 11.3. The van der Waals surface area contributed by atoms with Crippen molar-refractivity contribution in [2.75, 3.05) is 4.90 Å². The van der Waals surface area contributed by atoms with Crippen molar-refractivity contribution in [1.29, 1.82) is 0 Å². The van der Waals surface area contributed by atoms with Gasteiger partial charge in [-0.15, -0.1) is 11.3 Å². The summed E-state index contributed by atoms with van der Waals surface area (Å²) in [7, 11) is 0. The molecule has 2 heteroatoms. The van der Waals surface area contributed by atoms with E-state index < -0.39 is 0 Å². The van der Waals surface area contributed by atoms with Crippen molar-refractivity contribution in [3.63, 3.8) is 0 Å². The van der Waals surface area contributed by atoms with Gasteiger partial charge in [0.2, 0.25) is 0 Å². The Hall–Kier alpha value is -5.70. The molecule has 8 aromatic carbocycles. The number of hydrogen-bond donors (Lipinski definition) is 0. The van der Waals surface area contributed by atoms with Crippen molar-refractivity contribution < 1.29 is 0 Å². The summed E-state index contributed by atoms with van der Waals surface area (Å²) >= 11 is 1.87. The SMILES string of the molecule is CC1(C)c2ccccc2-c2ccc(N(c3ccc4ccccc4c3-c3ccc4ccccc4c3)c3cccc4sc5ccccc5c34)cc21. The average Bonchev–Trinajstić information content (AvgIpc) is 3.64. The number of nitrogens with zero attached hydrogens (tertiary/aromatic N) is 1.